The van der Waals surface area contributed by atoms with Gasteiger partial charge in [-0.15, -0.1) is 0 Å². The van der Waals surface area contributed by atoms with Gasteiger partial charge in [0.05, 0.1) is 6.04 Å². The number of amides is 3. The monoisotopic (exact) mass is 270 g/mol. The van der Waals surface area contributed by atoms with Crippen molar-refractivity contribution in [1.82, 2.24) is 20.9 Å². The van der Waals surface area contributed by atoms with Crippen LogP contribution in [0, 0.1) is 0 Å². The summed E-state index contributed by atoms with van der Waals surface area (Å²) in [6.45, 7) is 3.42. The fraction of sp³-hybridized carbons (Fsp3) is 0.846. The van der Waals surface area contributed by atoms with Crippen molar-refractivity contribution in [2.45, 2.75) is 44.7 Å². The number of hydrogen-bond acceptors (Lipinski definition) is 4. The van der Waals surface area contributed by atoms with Gasteiger partial charge < -0.3 is 15.5 Å². The normalized spacial score (nSPS) is 17.5. The molecule has 1 aliphatic rings. The summed E-state index contributed by atoms with van der Waals surface area (Å²) in [4.78, 5) is 25.0. The number of hydrogen-bond donors (Lipinski definition) is 3. The molecule has 110 valence electrons. The Balaban J connectivity index is 2.16. The van der Waals surface area contributed by atoms with Crippen LogP contribution in [0.1, 0.15) is 32.6 Å². The Labute approximate surface area is 115 Å². The van der Waals surface area contributed by atoms with Crippen molar-refractivity contribution in [1.29, 1.82) is 0 Å². The van der Waals surface area contributed by atoms with Gasteiger partial charge in [0.15, 0.2) is 0 Å². The van der Waals surface area contributed by atoms with E-state index in [-0.39, 0.29) is 11.9 Å². The second-order valence-electron chi connectivity index (χ2n) is 5.16. The molecule has 1 atom stereocenters. The molecule has 19 heavy (non-hydrogen) atoms. The lowest BCUT2D eigenvalue weighted by Gasteiger charge is -2.24. The van der Waals surface area contributed by atoms with E-state index in [0.29, 0.717) is 6.04 Å². The van der Waals surface area contributed by atoms with Crippen molar-refractivity contribution in [2.24, 2.45) is 0 Å². The summed E-state index contributed by atoms with van der Waals surface area (Å²) in [6.07, 6.45) is 5.22. The molecule has 0 radical (unpaired) electrons. The largest absolute Gasteiger partial charge is 0.341 e. The first-order valence-electron chi connectivity index (χ1n) is 7.00. The third kappa shape index (κ3) is 5.57. The SMILES string of the molecule is CNC(=O)NC(=O)C(C)NCCN(C)C1CCCC1. The van der Waals surface area contributed by atoms with Crippen molar-refractivity contribution in [3.05, 3.63) is 0 Å². The summed E-state index contributed by atoms with van der Waals surface area (Å²) < 4.78 is 0. The van der Waals surface area contributed by atoms with Crippen LogP contribution in [0.15, 0.2) is 0 Å². The lowest BCUT2D eigenvalue weighted by atomic mass is 10.2. The molecule has 3 amide bonds. The van der Waals surface area contributed by atoms with E-state index >= 15 is 0 Å². The van der Waals surface area contributed by atoms with E-state index in [4.69, 9.17) is 0 Å². The molecule has 6 nitrogen and oxygen atoms in total. The second kappa shape index (κ2) is 8.12. The Morgan fingerprint density at radius 3 is 2.53 bits per heavy atom. The van der Waals surface area contributed by atoms with Crippen LogP contribution in [0.3, 0.4) is 0 Å². The van der Waals surface area contributed by atoms with Crippen LogP contribution in [-0.4, -0.2) is 56.1 Å². The summed E-state index contributed by atoms with van der Waals surface area (Å²) in [5.74, 6) is -0.303. The highest BCUT2D eigenvalue weighted by molar-refractivity contribution is 5.96. The molecule has 0 aromatic rings. The zero-order valence-corrected chi connectivity index (χ0v) is 12.2. The third-order valence-electron chi connectivity index (χ3n) is 3.72. The molecule has 1 aliphatic carbocycles. The Kier molecular flexibility index (Phi) is 6.80. The molecule has 1 saturated carbocycles. The van der Waals surface area contributed by atoms with Crippen LogP contribution in [-0.2, 0) is 4.79 Å². The van der Waals surface area contributed by atoms with E-state index in [0.717, 1.165) is 13.1 Å². The number of carbonyl (C=O) groups excluding carboxylic acids is 2. The zero-order valence-electron chi connectivity index (χ0n) is 12.2. The van der Waals surface area contributed by atoms with Gasteiger partial charge in [0.2, 0.25) is 5.91 Å². The van der Waals surface area contributed by atoms with Gasteiger partial charge in [-0.1, -0.05) is 12.8 Å². The van der Waals surface area contributed by atoms with Crippen molar-refractivity contribution in [3.63, 3.8) is 0 Å². The van der Waals surface area contributed by atoms with Gasteiger partial charge in [-0.2, -0.15) is 0 Å². The molecule has 0 bridgehead atoms. The summed E-state index contributed by atoms with van der Waals surface area (Å²) in [5, 5.41) is 7.75. The summed E-state index contributed by atoms with van der Waals surface area (Å²) in [6, 6.07) is -0.146. The van der Waals surface area contributed by atoms with E-state index in [1.165, 1.54) is 32.7 Å². The maximum absolute atomic E-state index is 11.6. The quantitative estimate of drug-likeness (QED) is 0.649. The molecule has 1 rings (SSSR count). The fourth-order valence-electron chi connectivity index (χ4n) is 2.36. The van der Waals surface area contributed by atoms with E-state index in [1.807, 2.05) is 0 Å². The molecule has 0 heterocycles. The highest BCUT2D eigenvalue weighted by Gasteiger charge is 2.19. The van der Waals surface area contributed by atoms with Crippen molar-refractivity contribution in [3.8, 4) is 0 Å². The van der Waals surface area contributed by atoms with Crippen molar-refractivity contribution < 1.29 is 9.59 Å². The van der Waals surface area contributed by atoms with E-state index in [9.17, 15) is 9.59 Å². The number of nitrogens with one attached hydrogen (secondary N) is 3. The summed E-state index contributed by atoms with van der Waals surface area (Å²) >= 11 is 0. The van der Waals surface area contributed by atoms with Gasteiger partial charge in [0.25, 0.3) is 0 Å². The zero-order chi connectivity index (χ0) is 14.3. The van der Waals surface area contributed by atoms with Crippen LogP contribution < -0.4 is 16.0 Å². The van der Waals surface area contributed by atoms with E-state index < -0.39 is 6.03 Å². The highest BCUT2D eigenvalue weighted by Crippen LogP contribution is 2.21. The van der Waals surface area contributed by atoms with Crippen LogP contribution in [0.4, 0.5) is 4.79 Å². The number of likely N-dealkylation sites (N-methyl/N-ethyl adjacent to an activating group) is 1. The standard InChI is InChI=1S/C13H26N4O2/c1-10(12(18)16-13(19)14-2)15-8-9-17(3)11-6-4-5-7-11/h10-11,15H,4-9H2,1-3H3,(H2,14,16,18,19). The minimum absolute atomic E-state index is 0.303. The van der Waals surface area contributed by atoms with Crippen LogP contribution in [0.25, 0.3) is 0 Å². The number of urea groups is 1. The molecule has 1 unspecified atom stereocenters. The number of carbonyl (C=O) groups is 2. The van der Waals surface area contributed by atoms with Gasteiger partial charge >= 0.3 is 6.03 Å². The lowest BCUT2D eigenvalue weighted by molar-refractivity contribution is -0.121. The Morgan fingerprint density at radius 1 is 1.32 bits per heavy atom. The first-order chi connectivity index (χ1) is 9.04. The average Bonchev–Trinajstić information content (AvgIpc) is 2.92. The van der Waals surface area contributed by atoms with Gasteiger partial charge in [-0.25, -0.2) is 4.79 Å². The minimum Gasteiger partial charge on any atom is -0.341 e. The molecule has 6 heteroatoms. The smallest absolute Gasteiger partial charge is 0.321 e. The van der Waals surface area contributed by atoms with Crippen LogP contribution in [0.2, 0.25) is 0 Å². The second-order valence-corrected chi connectivity index (χ2v) is 5.16. The van der Waals surface area contributed by atoms with Crippen LogP contribution in [0.5, 0.6) is 0 Å². The molecular formula is C13H26N4O2. The molecular weight excluding hydrogens is 244 g/mol. The fourth-order valence-corrected chi connectivity index (χ4v) is 2.36. The van der Waals surface area contributed by atoms with Crippen molar-refractivity contribution in [2.75, 3.05) is 27.2 Å². The van der Waals surface area contributed by atoms with Gasteiger partial charge in [0.1, 0.15) is 0 Å². The predicted octanol–water partition coefficient (Wildman–Crippen LogP) is 0.295. The molecule has 0 aliphatic heterocycles. The Bertz CT molecular complexity index is 303. The third-order valence-corrected chi connectivity index (χ3v) is 3.72. The number of imide groups is 1. The topological polar surface area (TPSA) is 73.5 Å². The molecule has 3 N–H and O–H groups in total. The molecule has 0 spiro atoms. The summed E-state index contributed by atoms with van der Waals surface area (Å²) in [7, 11) is 3.62. The molecule has 0 aromatic carbocycles. The van der Waals surface area contributed by atoms with Crippen LogP contribution >= 0.6 is 0 Å². The average molecular weight is 270 g/mol. The van der Waals surface area contributed by atoms with Gasteiger partial charge in [-0.3, -0.25) is 10.1 Å². The maximum atomic E-state index is 11.6. The Morgan fingerprint density at radius 2 is 1.95 bits per heavy atom. The summed E-state index contributed by atoms with van der Waals surface area (Å²) in [5.41, 5.74) is 0. The maximum Gasteiger partial charge on any atom is 0.321 e. The highest BCUT2D eigenvalue weighted by atomic mass is 16.2. The number of nitrogens with zero attached hydrogens (tertiary/aromatic N) is 1. The lowest BCUT2D eigenvalue weighted by Crippen LogP contribution is -2.48. The van der Waals surface area contributed by atoms with E-state index in [2.05, 4.69) is 27.9 Å². The number of rotatable bonds is 6. The molecule has 0 saturated heterocycles. The molecule has 0 aromatic heterocycles. The van der Waals surface area contributed by atoms with Gasteiger partial charge in [-0.05, 0) is 26.8 Å². The molecule has 1 fully saturated rings. The Hall–Kier alpha value is -1.14. The predicted molar refractivity (Wildman–Crippen MR) is 74.9 cm³/mol. The first kappa shape index (κ1) is 15.9. The first-order valence-corrected chi connectivity index (χ1v) is 7.00. The van der Waals surface area contributed by atoms with E-state index in [1.54, 1.807) is 6.92 Å². The minimum atomic E-state index is -0.471. The van der Waals surface area contributed by atoms with Gasteiger partial charge in [0, 0.05) is 26.2 Å². The van der Waals surface area contributed by atoms with Crippen molar-refractivity contribution >= 4 is 11.9 Å².